The number of nitrogens with zero attached hydrogens (tertiary/aromatic N) is 1. The predicted octanol–water partition coefficient (Wildman–Crippen LogP) is 3.29. The maximum Gasteiger partial charge on any atom is 0.123 e. The minimum absolute atomic E-state index is 0.399. The van der Waals surface area contributed by atoms with Crippen LogP contribution >= 0.6 is 0 Å². The number of aromatic nitrogens is 1. The molecular weight excluding hydrogens is 236 g/mol. The Balaban J connectivity index is 1.55. The molecule has 3 rings (SSSR count). The van der Waals surface area contributed by atoms with Crippen molar-refractivity contribution in [1.82, 2.24) is 10.3 Å². The summed E-state index contributed by atoms with van der Waals surface area (Å²) in [5, 5.41) is 3.49. The zero-order chi connectivity index (χ0) is 13.1. The van der Waals surface area contributed by atoms with E-state index in [1.165, 1.54) is 38.5 Å². The van der Waals surface area contributed by atoms with Gasteiger partial charge in [-0.15, -0.1) is 0 Å². The Morgan fingerprint density at radius 2 is 2.21 bits per heavy atom. The maximum absolute atomic E-state index is 6.12. The zero-order valence-electron chi connectivity index (χ0n) is 11.8. The molecule has 0 aliphatic heterocycles. The molecule has 0 amide bonds. The third kappa shape index (κ3) is 3.93. The van der Waals surface area contributed by atoms with Gasteiger partial charge in [-0.3, -0.25) is 4.98 Å². The highest BCUT2D eigenvalue weighted by atomic mass is 16.5. The van der Waals surface area contributed by atoms with Crippen LogP contribution in [0.4, 0.5) is 0 Å². The number of rotatable bonds is 5. The standard InChI is InChI=1S/C16H24N2O/c1-12-3-2-4-15(9-12)19-16-7-8-17-14(10-16)11-18-13-5-6-13/h7-8,10,12-13,15,18H,2-6,9,11H2,1H3. The van der Waals surface area contributed by atoms with E-state index in [1.807, 2.05) is 12.3 Å². The van der Waals surface area contributed by atoms with Crippen LogP contribution in [0.1, 0.15) is 51.1 Å². The quantitative estimate of drug-likeness (QED) is 0.882. The summed E-state index contributed by atoms with van der Waals surface area (Å²) < 4.78 is 6.12. The summed E-state index contributed by atoms with van der Waals surface area (Å²) in [4.78, 5) is 4.40. The van der Waals surface area contributed by atoms with Crippen LogP contribution in [0.3, 0.4) is 0 Å². The van der Waals surface area contributed by atoms with E-state index in [9.17, 15) is 0 Å². The van der Waals surface area contributed by atoms with Crippen molar-refractivity contribution in [3.63, 3.8) is 0 Å². The molecule has 104 valence electrons. The van der Waals surface area contributed by atoms with Gasteiger partial charge in [0.1, 0.15) is 5.75 Å². The minimum Gasteiger partial charge on any atom is -0.490 e. The average molecular weight is 260 g/mol. The Kier molecular flexibility index (Phi) is 4.02. The van der Waals surface area contributed by atoms with Gasteiger partial charge in [0.2, 0.25) is 0 Å². The van der Waals surface area contributed by atoms with Crippen LogP contribution in [-0.4, -0.2) is 17.1 Å². The fourth-order valence-electron chi connectivity index (χ4n) is 2.84. The van der Waals surface area contributed by atoms with Gasteiger partial charge >= 0.3 is 0 Å². The molecule has 2 fully saturated rings. The summed E-state index contributed by atoms with van der Waals surface area (Å²) >= 11 is 0. The van der Waals surface area contributed by atoms with Gasteiger partial charge in [0, 0.05) is 24.8 Å². The van der Waals surface area contributed by atoms with E-state index in [2.05, 4.69) is 23.3 Å². The van der Waals surface area contributed by atoms with Crippen molar-refractivity contribution in [2.45, 2.75) is 64.1 Å². The van der Waals surface area contributed by atoms with Crippen LogP contribution in [0.25, 0.3) is 0 Å². The van der Waals surface area contributed by atoms with Crippen molar-refractivity contribution in [1.29, 1.82) is 0 Å². The van der Waals surface area contributed by atoms with E-state index in [4.69, 9.17) is 4.74 Å². The Hall–Kier alpha value is -1.09. The molecule has 1 aromatic heterocycles. The smallest absolute Gasteiger partial charge is 0.123 e. The first kappa shape index (κ1) is 12.9. The van der Waals surface area contributed by atoms with Gasteiger partial charge in [0.05, 0.1) is 11.8 Å². The topological polar surface area (TPSA) is 34.1 Å². The van der Waals surface area contributed by atoms with Gasteiger partial charge in [0.15, 0.2) is 0 Å². The first-order chi connectivity index (χ1) is 9.29. The van der Waals surface area contributed by atoms with Crippen molar-refractivity contribution in [2.75, 3.05) is 0 Å². The lowest BCUT2D eigenvalue weighted by molar-refractivity contribution is 0.129. The molecule has 19 heavy (non-hydrogen) atoms. The Labute approximate surface area is 115 Å². The van der Waals surface area contributed by atoms with E-state index >= 15 is 0 Å². The highest BCUT2D eigenvalue weighted by Gasteiger charge is 2.21. The number of pyridine rings is 1. The summed E-state index contributed by atoms with van der Waals surface area (Å²) in [6.07, 6.45) is 9.94. The molecule has 0 spiro atoms. The van der Waals surface area contributed by atoms with E-state index < -0.39 is 0 Å². The lowest BCUT2D eigenvalue weighted by Gasteiger charge is -2.27. The lowest BCUT2D eigenvalue weighted by atomic mass is 9.89. The van der Waals surface area contributed by atoms with E-state index in [1.54, 1.807) is 0 Å². The monoisotopic (exact) mass is 260 g/mol. The first-order valence-corrected chi connectivity index (χ1v) is 7.64. The maximum atomic E-state index is 6.12. The van der Waals surface area contributed by atoms with Crippen LogP contribution in [0, 0.1) is 5.92 Å². The van der Waals surface area contributed by atoms with E-state index in [0.29, 0.717) is 6.10 Å². The Morgan fingerprint density at radius 3 is 3.00 bits per heavy atom. The van der Waals surface area contributed by atoms with E-state index in [-0.39, 0.29) is 0 Å². The molecule has 1 aromatic rings. The van der Waals surface area contributed by atoms with Crippen molar-refractivity contribution in [3.8, 4) is 5.75 Å². The highest BCUT2D eigenvalue weighted by Crippen LogP contribution is 2.27. The molecule has 0 bridgehead atoms. The molecule has 3 nitrogen and oxygen atoms in total. The van der Waals surface area contributed by atoms with Gasteiger partial charge < -0.3 is 10.1 Å². The van der Waals surface area contributed by atoms with Crippen LogP contribution < -0.4 is 10.1 Å². The number of hydrogen-bond donors (Lipinski definition) is 1. The second kappa shape index (κ2) is 5.91. The summed E-state index contributed by atoms with van der Waals surface area (Å²) in [7, 11) is 0. The number of hydrogen-bond acceptors (Lipinski definition) is 3. The molecule has 2 saturated carbocycles. The summed E-state index contributed by atoms with van der Waals surface area (Å²) in [6, 6.07) is 4.81. The molecule has 3 heteroatoms. The number of nitrogens with one attached hydrogen (secondary N) is 1. The molecule has 1 N–H and O–H groups in total. The van der Waals surface area contributed by atoms with Crippen molar-refractivity contribution in [3.05, 3.63) is 24.0 Å². The van der Waals surface area contributed by atoms with Crippen LogP contribution in [0.15, 0.2) is 18.3 Å². The molecule has 0 aromatic carbocycles. The molecule has 0 saturated heterocycles. The van der Waals surface area contributed by atoms with Crippen molar-refractivity contribution < 1.29 is 4.74 Å². The van der Waals surface area contributed by atoms with Gasteiger partial charge in [0.25, 0.3) is 0 Å². The predicted molar refractivity (Wildman–Crippen MR) is 76.1 cm³/mol. The van der Waals surface area contributed by atoms with Crippen molar-refractivity contribution in [2.24, 2.45) is 5.92 Å². The molecule has 2 atom stereocenters. The van der Waals surface area contributed by atoms with Gasteiger partial charge in [-0.1, -0.05) is 13.3 Å². The summed E-state index contributed by atoms with van der Waals surface area (Å²) in [5.41, 5.74) is 1.09. The molecule has 2 aliphatic carbocycles. The fraction of sp³-hybridized carbons (Fsp3) is 0.688. The minimum atomic E-state index is 0.399. The molecule has 2 unspecified atom stereocenters. The SMILES string of the molecule is CC1CCCC(Oc2ccnc(CNC3CC3)c2)C1. The average Bonchev–Trinajstić information content (AvgIpc) is 3.21. The molecule has 2 aliphatic rings. The molecular formula is C16H24N2O. The second-order valence-electron chi connectivity index (χ2n) is 6.15. The van der Waals surface area contributed by atoms with Crippen LogP contribution in [0.2, 0.25) is 0 Å². The zero-order valence-corrected chi connectivity index (χ0v) is 11.8. The molecule has 1 heterocycles. The van der Waals surface area contributed by atoms with Crippen molar-refractivity contribution >= 4 is 0 Å². The van der Waals surface area contributed by atoms with Crippen LogP contribution in [-0.2, 0) is 6.54 Å². The number of ether oxygens (including phenoxy) is 1. The van der Waals surface area contributed by atoms with E-state index in [0.717, 1.165) is 29.9 Å². The highest BCUT2D eigenvalue weighted by molar-refractivity contribution is 5.23. The lowest BCUT2D eigenvalue weighted by Crippen LogP contribution is -2.24. The van der Waals surface area contributed by atoms with Gasteiger partial charge in [-0.2, -0.15) is 0 Å². The molecule has 0 radical (unpaired) electrons. The van der Waals surface area contributed by atoms with Crippen LogP contribution in [0.5, 0.6) is 5.75 Å². The Morgan fingerprint density at radius 1 is 1.32 bits per heavy atom. The largest absolute Gasteiger partial charge is 0.490 e. The van der Waals surface area contributed by atoms with Gasteiger partial charge in [-0.25, -0.2) is 0 Å². The summed E-state index contributed by atoms with van der Waals surface area (Å²) in [6.45, 7) is 3.19. The third-order valence-corrected chi connectivity index (χ3v) is 4.13. The van der Waals surface area contributed by atoms with Gasteiger partial charge in [-0.05, 0) is 44.1 Å². The first-order valence-electron chi connectivity index (χ1n) is 7.64. The second-order valence-corrected chi connectivity index (χ2v) is 6.15. The normalized spacial score (nSPS) is 27.2. The fourth-order valence-corrected chi connectivity index (χ4v) is 2.84. The summed E-state index contributed by atoms with van der Waals surface area (Å²) in [5.74, 6) is 1.79. The Bertz CT molecular complexity index is 417. The third-order valence-electron chi connectivity index (χ3n) is 4.13.